The third kappa shape index (κ3) is 11.1. The van der Waals surface area contributed by atoms with Crippen LogP contribution in [-0.4, -0.2) is 48.2 Å². The van der Waals surface area contributed by atoms with E-state index in [4.69, 9.17) is 29.9 Å². The van der Waals surface area contributed by atoms with Gasteiger partial charge in [0, 0.05) is 76.7 Å². The average Bonchev–Trinajstić information content (AvgIpc) is 1.56. The van der Waals surface area contributed by atoms with Gasteiger partial charge in [0.25, 0.3) is 0 Å². The van der Waals surface area contributed by atoms with Crippen LogP contribution in [0.2, 0.25) is 0 Å². The first-order valence-electron chi connectivity index (χ1n) is 36.1. The maximum Gasteiger partial charge on any atom is 0.238 e. The van der Waals surface area contributed by atoms with E-state index in [1.165, 1.54) is 66.0 Å². The van der Waals surface area contributed by atoms with Gasteiger partial charge in [-0.2, -0.15) is 19.9 Å². The highest BCUT2D eigenvalue weighted by Crippen LogP contribution is 2.42. The molecule has 0 fully saturated rings. The van der Waals surface area contributed by atoms with E-state index in [2.05, 4.69) is 326 Å². The highest BCUT2D eigenvalue weighted by molar-refractivity contribution is 6.15. The third-order valence-electron chi connectivity index (χ3n) is 20.6. The molecule has 6 heterocycles. The van der Waals surface area contributed by atoms with Gasteiger partial charge in [-0.3, -0.25) is 9.13 Å². The number of aryl methyl sites for hydroxylation is 2. The van der Waals surface area contributed by atoms with Crippen LogP contribution in [-0.2, 0) is 5.41 Å². The minimum Gasteiger partial charge on any atom is -0.309 e. The predicted molar refractivity (Wildman–Crippen MR) is 438 cm³/mol. The topological polar surface area (TPSA) is 97.1 Å². The molecule has 106 heavy (non-hydrogen) atoms. The summed E-state index contributed by atoms with van der Waals surface area (Å²) in [5, 5.41) is 9.54. The molecule has 0 saturated carbocycles. The second-order valence-electron chi connectivity index (χ2n) is 28.5. The smallest absolute Gasteiger partial charge is 0.238 e. The Morgan fingerprint density at radius 2 is 0.491 bits per heavy atom. The van der Waals surface area contributed by atoms with E-state index < -0.39 is 0 Å². The van der Waals surface area contributed by atoms with Gasteiger partial charge in [-0.1, -0.05) is 256 Å². The van der Waals surface area contributed by atoms with Crippen molar-refractivity contribution in [1.29, 1.82) is 0 Å². The van der Waals surface area contributed by atoms with Crippen LogP contribution in [0, 0.1) is 13.8 Å². The first-order valence-corrected chi connectivity index (χ1v) is 36.1. The van der Waals surface area contributed by atoms with E-state index in [0.29, 0.717) is 35.2 Å². The molecule has 0 amide bonds. The summed E-state index contributed by atoms with van der Waals surface area (Å²) in [6, 6.07) is 118. The Morgan fingerprint density at radius 1 is 0.208 bits per heavy atom. The lowest BCUT2D eigenvalue weighted by Crippen LogP contribution is -2.10. The maximum absolute atomic E-state index is 5.14. The molecular weight excluding hydrogens is 1290 g/mol. The SMILES string of the molecule is CC(C)(C)c1ccc(-n2c3ccccc3c3cc(-c4ccc5c(c4)c4ccccc4n5-c4nc(-c5ccccc5)nc(-c5ccccc5)n4)ccc32)cc1.Cc1cccc(-c2nc(-c3cccc(C)c3)nc(-n3c4ccccc4c4cc(-c5ccc6c(c5)c5ccccc5n6-c5ccccc5)ccc43)n2)c1. The maximum atomic E-state index is 5.14. The van der Waals surface area contributed by atoms with Crippen molar-refractivity contribution in [2.24, 2.45) is 0 Å². The van der Waals surface area contributed by atoms with Gasteiger partial charge in [-0.25, -0.2) is 9.97 Å². The molecule has 10 heteroatoms. The summed E-state index contributed by atoms with van der Waals surface area (Å²) in [4.78, 5) is 30.4. The fraction of sp³-hybridized carbons (Fsp3) is 0.0625. The largest absolute Gasteiger partial charge is 0.309 e. The van der Waals surface area contributed by atoms with Gasteiger partial charge in [0.1, 0.15) is 0 Å². The summed E-state index contributed by atoms with van der Waals surface area (Å²) in [5.74, 6) is 3.76. The van der Waals surface area contributed by atoms with Crippen LogP contribution in [0.1, 0.15) is 37.5 Å². The second kappa shape index (κ2) is 25.7. The lowest BCUT2D eigenvalue weighted by Gasteiger charge is -2.19. The molecule has 0 radical (unpaired) electrons. The minimum absolute atomic E-state index is 0.100. The van der Waals surface area contributed by atoms with Crippen molar-refractivity contribution in [3.05, 3.63) is 350 Å². The summed E-state index contributed by atoms with van der Waals surface area (Å²) in [7, 11) is 0. The Bertz CT molecular complexity index is 6690. The number of rotatable bonds is 10. The zero-order valence-corrected chi connectivity index (χ0v) is 59.2. The van der Waals surface area contributed by atoms with Crippen LogP contribution in [0.4, 0.5) is 0 Å². The van der Waals surface area contributed by atoms with E-state index in [-0.39, 0.29) is 5.41 Å². The lowest BCUT2D eigenvalue weighted by molar-refractivity contribution is 0.590. The molecule has 20 rings (SSSR count). The van der Waals surface area contributed by atoms with Gasteiger partial charge in [0.15, 0.2) is 23.3 Å². The summed E-state index contributed by atoms with van der Waals surface area (Å²) in [5.41, 5.74) is 23.5. The van der Waals surface area contributed by atoms with Gasteiger partial charge >= 0.3 is 0 Å². The molecular formula is C96H70N10. The molecule has 0 aliphatic heterocycles. The molecule has 0 aliphatic rings. The van der Waals surface area contributed by atoms with Crippen LogP contribution in [0.15, 0.2) is 334 Å². The van der Waals surface area contributed by atoms with Crippen molar-refractivity contribution in [3.63, 3.8) is 0 Å². The molecule has 0 spiro atoms. The van der Waals surface area contributed by atoms with Crippen molar-refractivity contribution in [2.75, 3.05) is 0 Å². The molecule has 0 N–H and O–H groups in total. The molecule has 20 aromatic rings. The number of aromatic nitrogens is 10. The monoisotopic (exact) mass is 1360 g/mol. The van der Waals surface area contributed by atoms with E-state index in [1.807, 2.05) is 60.7 Å². The van der Waals surface area contributed by atoms with Crippen molar-refractivity contribution in [2.45, 2.75) is 40.0 Å². The molecule has 0 unspecified atom stereocenters. The molecule has 14 aromatic carbocycles. The lowest BCUT2D eigenvalue weighted by atomic mass is 9.87. The average molecular weight is 1360 g/mol. The van der Waals surface area contributed by atoms with Crippen LogP contribution >= 0.6 is 0 Å². The first-order chi connectivity index (χ1) is 52.0. The second-order valence-corrected chi connectivity index (χ2v) is 28.5. The molecule has 0 aliphatic carbocycles. The molecule has 6 aromatic heterocycles. The zero-order valence-electron chi connectivity index (χ0n) is 59.2. The number of para-hydroxylation sites is 5. The van der Waals surface area contributed by atoms with Crippen LogP contribution in [0.25, 0.3) is 178 Å². The Hall–Kier alpha value is -13.7. The Balaban J connectivity index is 0.000000145. The van der Waals surface area contributed by atoms with E-state index in [9.17, 15) is 0 Å². The van der Waals surface area contributed by atoms with Crippen LogP contribution in [0.5, 0.6) is 0 Å². The summed E-state index contributed by atoms with van der Waals surface area (Å²) in [6.45, 7) is 11.0. The van der Waals surface area contributed by atoms with E-state index >= 15 is 0 Å². The van der Waals surface area contributed by atoms with Gasteiger partial charge in [-0.05, 0) is 156 Å². The standard InChI is InChI=1S/C49H37N5.C47H33N5/c1-49(2,3)36-24-26-37(27-25-36)53-42-20-12-10-18-38(42)40-30-34(22-28-44(40)53)35-23-29-45-41(31-35)39-19-11-13-21-43(39)54(45)48-51-46(32-14-6-4-7-15-32)50-47(52-48)33-16-8-5-9-17-33;1-30-12-10-14-34(26-30)45-48-46(35-15-11-13-31(2)27-35)50-47(49-45)52-42-21-9-7-19-38(42)40-29-33(23-25-44(40)52)32-22-24-43-39(28-32)37-18-6-8-20-41(37)51(43)36-16-4-3-5-17-36/h4-31H,1-3H3;3-29H,1-2H3. The summed E-state index contributed by atoms with van der Waals surface area (Å²) < 4.78 is 9.11. The molecule has 0 atom stereocenters. The van der Waals surface area contributed by atoms with E-state index in [0.717, 1.165) is 93.8 Å². The summed E-state index contributed by atoms with van der Waals surface area (Å²) >= 11 is 0. The van der Waals surface area contributed by atoms with Crippen molar-refractivity contribution < 1.29 is 0 Å². The van der Waals surface area contributed by atoms with Crippen LogP contribution in [0.3, 0.4) is 0 Å². The highest BCUT2D eigenvalue weighted by atomic mass is 15.2. The fourth-order valence-electron chi connectivity index (χ4n) is 15.5. The molecule has 10 nitrogen and oxygen atoms in total. The van der Waals surface area contributed by atoms with E-state index in [1.54, 1.807) is 0 Å². The zero-order chi connectivity index (χ0) is 71.2. The normalized spacial score (nSPS) is 11.8. The quantitative estimate of drug-likeness (QED) is 0.135. The molecule has 504 valence electrons. The number of hydrogen-bond acceptors (Lipinski definition) is 6. The summed E-state index contributed by atoms with van der Waals surface area (Å²) in [6.07, 6.45) is 0. The Labute approximate surface area is 613 Å². The number of nitrogens with zero attached hydrogens (tertiary/aromatic N) is 10. The van der Waals surface area contributed by atoms with Gasteiger partial charge < -0.3 is 9.13 Å². The van der Waals surface area contributed by atoms with Gasteiger partial charge in [-0.15, -0.1) is 0 Å². The fourth-order valence-corrected chi connectivity index (χ4v) is 15.5. The number of fused-ring (bicyclic) bond motifs is 12. The Morgan fingerprint density at radius 3 is 0.840 bits per heavy atom. The van der Waals surface area contributed by atoms with Gasteiger partial charge in [0.2, 0.25) is 11.9 Å². The minimum atomic E-state index is 0.100. The Kier molecular flexibility index (Phi) is 15.3. The molecule has 0 bridgehead atoms. The van der Waals surface area contributed by atoms with Crippen molar-refractivity contribution >= 4 is 87.2 Å². The first kappa shape index (κ1) is 63.2. The highest BCUT2D eigenvalue weighted by Gasteiger charge is 2.24. The van der Waals surface area contributed by atoms with Crippen molar-refractivity contribution in [3.8, 4) is 91.1 Å². The molecule has 0 saturated heterocycles. The number of benzene rings is 14. The van der Waals surface area contributed by atoms with Gasteiger partial charge in [0.05, 0.1) is 44.1 Å². The predicted octanol–water partition coefficient (Wildman–Crippen LogP) is 24.0. The van der Waals surface area contributed by atoms with Crippen LogP contribution < -0.4 is 0 Å². The van der Waals surface area contributed by atoms with Crippen molar-refractivity contribution in [1.82, 2.24) is 48.2 Å². The third-order valence-corrected chi connectivity index (χ3v) is 20.6. The number of hydrogen-bond donors (Lipinski definition) is 0.